The van der Waals surface area contributed by atoms with E-state index in [0.717, 1.165) is 0 Å². The number of aryl methyl sites for hydroxylation is 1. The lowest BCUT2D eigenvalue weighted by Crippen LogP contribution is -2.10. The minimum Gasteiger partial charge on any atom is -0.372 e. The molecule has 3 heteroatoms. The van der Waals surface area contributed by atoms with Crippen LogP contribution in [0.15, 0.2) is 24.3 Å². The summed E-state index contributed by atoms with van der Waals surface area (Å²) >= 11 is 6.98. The first-order valence-electron chi connectivity index (χ1n) is 4.61. The number of halogens is 2. The molecule has 1 nitrogen and oxygen atoms in total. The number of hydrogen-bond acceptors (Lipinski definition) is 1. The van der Waals surface area contributed by atoms with Crippen LogP contribution in [0, 0.1) is 6.92 Å². The number of alkyl halides is 2. The van der Waals surface area contributed by atoms with Gasteiger partial charge in [-0.2, -0.15) is 0 Å². The van der Waals surface area contributed by atoms with Crippen LogP contribution in [0.5, 0.6) is 0 Å². The lowest BCUT2D eigenvalue weighted by Gasteiger charge is -2.18. The highest BCUT2D eigenvalue weighted by atomic mass is 79.9. The Labute approximate surface area is 102 Å². The molecule has 1 rings (SSSR count). The van der Waals surface area contributed by atoms with E-state index in [1.165, 1.54) is 11.1 Å². The SMILES string of the molecule is CCOC(c1ccc(C)cc1)C(Br)Br. The molecule has 0 aliphatic carbocycles. The molecule has 0 N–H and O–H groups in total. The van der Waals surface area contributed by atoms with E-state index in [1.807, 2.05) is 6.92 Å². The van der Waals surface area contributed by atoms with Gasteiger partial charge in [0.1, 0.15) is 9.84 Å². The Balaban J connectivity index is 2.82. The van der Waals surface area contributed by atoms with E-state index in [9.17, 15) is 0 Å². The third kappa shape index (κ3) is 3.37. The third-order valence-electron chi connectivity index (χ3n) is 1.98. The molecule has 0 fully saturated rings. The monoisotopic (exact) mass is 320 g/mol. The Morgan fingerprint density at radius 3 is 2.21 bits per heavy atom. The topological polar surface area (TPSA) is 9.23 Å². The van der Waals surface area contributed by atoms with Gasteiger partial charge in [-0.25, -0.2) is 0 Å². The lowest BCUT2D eigenvalue weighted by molar-refractivity contribution is 0.0764. The second-order valence-corrected chi connectivity index (χ2v) is 6.32. The van der Waals surface area contributed by atoms with Crippen LogP contribution in [-0.2, 0) is 4.74 Å². The van der Waals surface area contributed by atoms with Gasteiger partial charge < -0.3 is 4.74 Å². The van der Waals surface area contributed by atoms with Crippen LogP contribution in [0.25, 0.3) is 0 Å². The zero-order chi connectivity index (χ0) is 10.6. The molecular weight excluding hydrogens is 308 g/mol. The van der Waals surface area contributed by atoms with Crippen molar-refractivity contribution in [3.63, 3.8) is 0 Å². The molecule has 78 valence electrons. The van der Waals surface area contributed by atoms with Gasteiger partial charge in [-0.15, -0.1) is 0 Å². The normalized spacial score (nSPS) is 13.2. The predicted molar refractivity (Wildman–Crippen MR) is 67.2 cm³/mol. The van der Waals surface area contributed by atoms with Crippen molar-refractivity contribution in [1.29, 1.82) is 0 Å². The molecule has 0 aromatic heterocycles. The second kappa shape index (κ2) is 5.89. The Morgan fingerprint density at radius 1 is 1.21 bits per heavy atom. The highest BCUT2D eigenvalue weighted by Gasteiger charge is 2.17. The summed E-state index contributed by atoms with van der Waals surface area (Å²) in [6.45, 7) is 4.80. The molecule has 0 aliphatic heterocycles. The predicted octanol–water partition coefficient (Wildman–Crippen LogP) is 4.19. The Hall–Kier alpha value is 0.140. The van der Waals surface area contributed by atoms with Crippen LogP contribution in [0.2, 0.25) is 0 Å². The number of benzene rings is 1. The highest BCUT2D eigenvalue weighted by Crippen LogP contribution is 2.30. The molecule has 0 radical (unpaired) electrons. The molecule has 14 heavy (non-hydrogen) atoms. The molecular formula is C11H14Br2O. The zero-order valence-corrected chi connectivity index (χ0v) is 11.5. The molecule has 1 atom stereocenters. The van der Waals surface area contributed by atoms with Gasteiger partial charge in [0, 0.05) is 6.61 Å². The first-order chi connectivity index (χ1) is 6.65. The van der Waals surface area contributed by atoms with Crippen molar-refractivity contribution in [1.82, 2.24) is 0 Å². The molecule has 1 aromatic rings. The van der Waals surface area contributed by atoms with Crippen LogP contribution in [0.4, 0.5) is 0 Å². The number of rotatable bonds is 4. The molecule has 0 heterocycles. The van der Waals surface area contributed by atoms with E-state index >= 15 is 0 Å². The number of ether oxygens (including phenoxy) is 1. The van der Waals surface area contributed by atoms with Crippen LogP contribution in [0.3, 0.4) is 0 Å². The van der Waals surface area contributed by atoms with Crippen LogP contribution in [-0.4, -0.2) is 10.3 Å². The molecule has 0 bridgehead atoms. The van der Waals surface area contributed by atoms with E-state index in [-0.39, 0.29) is 9.84 Å². The Bertz CT molecular complexity index is 269. The largest absolute Gasteiger partial charge is 0.372 e. The molecule has 0 saturated heterocycles. The van der Waals surface area contributed by atoms with E-state index in [2.05, 4.69) is 63.0 Å². The third-order valence-corrected chi connectivity index (χ3v) is 2.94. The van der Waals surface area contributed by atoms with Crippen LogP contribution >= 0.6 is 31.9 Å². The fraction of sp³-hybridized carbons (Fsp3) is 0.455. The average Bonchev–Trinajstić information content (AvgIpc) is 2.15. The van der Waals surface area contributed by atoms with Gasteiger partial charge in [0.25, 0.3) is 0 Å². The maximum absolute atomic E-state index is 5.64. The van der Waals surface area contributed by atoms with Crippen LogP contribution in [0.1, 0.15) is 24.2 Å². The number of hydrogen-bond donors (Lipinski definition) is 0. The summed E-state index contributed by atoms with van der Waals surface area (Å²) in [5.74, 6) is 0. The highest BCUT2D eigenvalue weighted by molar-refractivity contribution is 9.24. The van der Waals surface area contributed by atoms with Crippen molar-refractivity contribution < 1.29 is 4.74 Å². The van der Waals surface area contributed by atoms with Gasteiger partial charge in [-0.3, -0.25) is 0 Å². The van der Waals surface area contributed by atoms with Gasteiger partial charge >= 0.3 is 0 Å². The summed E-state index contributed by atoms with van der Waals surface area (Å²) in [4.78, 5) is 0. The van der Waals surface area contributed by atoms with Crippen LogP contribution < -0.4 is 0 Å². The maximum atomic E-state index is 5.64. The smallest absolute Gasteiger partial charge is 0.105 e. The molecule has 0 saturated carbocycles. The van der Waals surface area contributed by atoms with E-state index in [1.54, 1.807) is 0 Å². The second-order valence-electron chi connectivity index (χ2n) is 3.12. The molecule has 0 amide bonds. The van der Waals surface area contributed by atoms with E-state index in [0.29, 0.717) is 6.61 Å². The summed E-state index contributed by atoms with van der Waals surface area (Å²) in [6.07, 6.45) is 0.0700. The Morgan fingerprint density at radius 2 is 1.79 bits per heavy atom. The van der Waals surface area contributed by atoms with Gasteiger partial charge in [0.05, 0.1) is 0 Å². The summed E-state index contributed by atoms with van der Waals surface area (Å²) < 4.78 is 5.79. The van der Waals surface area contributed by atoms with Gasteiger partial charge in [-0.05, 0) is 19.4 Å². The average molecular weight is 322 g/mol. The standard InChI is InChI=1S/C11H14Br2O/c1-3-14-10(11(12)13)9-6-4-8(2)5-7-9/h4-7,10-11H,3H2,1-2H3. The van der Waals surface area contributed by atoms with Crippen molar-refractivity contribution >= 4 is 31.9 Å². The fourth-order valence-electron chi connectivity index (χ4n) is 1.25. The molecule has 0 aliphatic rings. The van der Waals surface area contributed by atoms with Gasteiger partial charge in [0.2, 0.25) is 0 Å². The minimum absolute atomic E-state index is 0.0700. The fourth-order valence-corrected chi connectivity index (χ4v) is 2.17. The molecule has 1 unspecified atom stereocenters. The first-order valence-corrected chi connectivity index (χ1v) is 6.44. The first kappa shape index (κ1) is 12.2. The maximum Gasteiger partial charge on any atom is 0.105 e. The summed E-state index contributed by atoms with van der Waals surface area (Å²) in [7, 11) is 0. The van der Waals surface area contributed by atoms with Gasteiger partial charge in [-0.1, -0.05) is 61.7 Å². The van der Waals surface area contributed by atoms with Crippen molar-refractivity contribution in [2.75, 3.05) is 6.61 Å². The summed E-state index contributed by atoms with van der Waals surface area (Å²) in [6, 6.07) is 8.41. The lowest BCUT2D eigenvalue weighted by atomic mass is 10.1. The van der Waals surface area contributed by atoms with E-state index < -0.39 is 0 Å². The van der Waals surface area contributed by atoms with Crippen molar-refractivity contribution in [3.8, 4) is 0 Å². The molecule has 1 aromatic carbocycles. The van der Waals surface area contributed by atoms with Crippen molar-refractivity contribution in [2.45, 2.75) is 23.7 Å². The summed E-state index contributed by atoms with van der Waals surface area (Å²) in [5.41, 5.74) is 2.46. The van der Waals surface area contributed by atoms with Crippen molar-refractivity contribution in [2.24, 2.45) is 0 Å². The minimum atomic E-state index is 0.0700. The summed E-state index contributed by atoms with van der Waals surface area (Å²) in [5, 5.41) is 0. The van der Waals surface area contributed by atoms with E-state index in [4.69, 9.17) is 4.74 Å². The van der Waals surface area contributed by atoms with Gasteiger partial charge in [0.15, 0.2) is 0 Å². The molecule has 0 spiro atoms. The Kier molecular flexibility index (Phi) is 5.13. The zero-order valence-electron chi connectivity index (χ0n) is 8.34. The van der Waals surface area contributed by atoms with Crippen molar-refractivity contribution in [3.05, 3.63) is 35.4 Å². The quantitative estimate of drug-likeness (QED) is 0.756.